The van der Waals surface area contributed by atoms with Crippen molar-refractivity contribution in [3.8, 4) is 0 Å². The highest BCUT2D eigenvalue weighted by Crippen LogP contribution is 2.37. The average molecular weight is 303 g/mol. The quantitative estimate of drug-likeness (QED) is 0.823. The molecule has 21 heavy (non-hydrogen) atoms. The zero-order chi connectivity index (χ0) is 14.9. The maximum atomic E-state index is 12.4. The number of hydrogen-bond acceptors (Lipinski definition) is 3. The molecule has 2 fully saturated rings. The molecule has 0 bridgehead atoms. The number of nitrogens with one attached hydrogen (secondary N) is 2. The van der Waals surface area contributed by atoms with Crippen LogP contribution in [0.15, 0.2) is 4.99 Å². The van der Waals surface area contributed by atoms with Gasteiger partial charge in [-0.25, -0.2) is 0 Å². The molecule has 2 N–H and O–H groups in total. The molecule has 3 aliphatic rings. The number of alkyl halides is 3. The Balaban J connectivity index is 1.49. The summed E-state index contributed by atoms with van der Waals surface area (Å²) in [5, 5.41) is 6.99. The van der Waals surface area contributed by atoms with Gasteiger partial charge < -0.3 is 10.6 Å². The predicted octanol–water partition coefficient (Wildman–Crippen LogP) is 2.87. The molecule has 120 valence electrons. The smallest absolute Gasteiger partial charge is 0.366 e. The van der Waals surface area contributed by atoms with Gasteiger partial charge in [0.1, 0.15) is 0 Å². The molecule has 0 amide bonds. The second kappa shape index (κ2) is 5.78. The van der Waals surface area contributed by atoms with E-state index in [9.17, 15) is 13.2 Å². The molecule has 0 aromatic carbocycles. The lowest BCUT2D eigenvalue weighted by molar-refractivity contribution is -0.146. The molecule has 1 spiro atoms. The minimum atomic E-state index is -4.01. The van der Waals surface area contributed by atoms with Crippen LogP contribution in [0.5, 0.6) is 0 Å². The summed E-state index contributed by atoms with van der Waals surface area (Å²) < 4.78 is 37.3. The van der Waals surface area contributed by atoms with Gasteiger partial charge in [-0.05, 0) is 57.5 Å². The van der Waals surface area contributed by atoms with Crippen molar-refractivity contribution in [1.82, 2.24) is 10.6 Å². The van der Waals surface area contributed by atoms with Crippen molar-refractivity contribution in [1.29, 1.82) is 0 Å². The Morgan fingerprint density at radius 2 is 1.76 bits per heavy atom. The predicted molar refractivity (Wildman–Crippen MR) is 76.4 cm³/mol. The van der Waals surface area contributed by atoms with Crippen LogP contribution in [0, 0.1) is 11.8 Å². The summed E-state index contributed by atoms with van der Waals surface area (Å²) in [6.07, 6.45) is 0.600. The van der Waals surface area contributed by atoms with Crippen LogP contribution in [0.4, 0.5) is 13.2 Å². The van der Waals surface area contributed by atoms with Crippen molar-refractivity contribution in [3.05, 3.63) is 0 Å². The normalized spacial score (nSPS) is 32.8. The van der Waals surface area contributed by atoms with E-state index >= 15 is 0 Å². The Bertz CT molecular complexity index is 391. The van der Waals surface area contributed by atoms with E-state index in [0.717, 1.165) is 51.2 Å². The van der Waals surface area contributed by atoms with E-state index in [2.05, 4.69) is 10.6 Å². The van der Waals surface area contributed by atoms with Gasteiger partial charge in [0.25, 0.3) is 0 Å². The topological polar surface area (TPSA) is 36.4 Å². The Morgan fingerprint density at radius 3 is 2.38 bits per heavy atom. The summed E-state index contributed by atoms with van der Waals surface area (Å²) in [6, 6.07) is 0. The first-order chi connectivity index (χ1) is 9.96. The fourth-order valence-electron chi connectivity index (χ4n) is 3.97. The van der Waals surface area contributed by atoms with Gasteiger partial charge in [0.05, 0.1) is 17.9 Å². The van der Waals surface area contributed by atoms with Gasteiger partial charge in [-0.15, -0.1) is 0 Å². The fourth-order valence-corrected chi connectivity index (χ4v) is 3.97. The molecule has 1 saturated heterocycles. The summed E-state index contributed by atoms with van der Waals surface area (Å²) in [5.74, 6) is 1.24. The molecule has 1 aliphatic carbocycles. The number of rotatable bonds is 2. The molecule has 3 nitrogen and oxygen atoms in total. The minimum Gasteiger partial charge on any atom is -0.366 e. The van der Waals surface area contributed by atoms with E-state index in [4.69, 9.17) is 4.99 Å². The van der Waals surface area contributed by atoms with Gasteiger partial charge >= 0.3 is 6.18 Å². The van der Waals surface area contributed by atoms with E-state index in [0.29, 0.717) is 18.8 Å². The first-order valence-electron chi connectivity index (χ1n) is 8.06. The summed E-state index contributed by atoms with van der Waals surface area (Å²) in [6.45, 7) is 2.88. The van der Waals surface area contributed by atoms with Gasteiger partial charge in [0.2, 0.25) is 0 Å². The number of aliphatic imine (C=N–C) groups is 1. The lowest BCUT2D eigenvalue weighted by Crippen LogP contribution is -2.53. The minimum absolute atomic E-state index is 0.128. The largest absolute Gasteiger partial charge is 0.389 e. The van der Waals surface area contributed by atoms with Crippen molar-refractivity contribution in [2.75, 3.05) is 19.6 Å². The van der Waals surface area contributed by atoms with Crippen LogP contribution in [0.3, 0.4) is 0 Å². The summed E-state index contributed by atoms with van der Waals surface area (Å²) in [4.78, 5) is 4.69. The summed E-state index contributed by atoms with van der Waals surface area (Å²) in [5.41, 5.74) is 0.128. The zero-order valence-electron chi connectivity index (χ0n) is 12.3. The van der Waals surface area contributed by atoms with E-state index in [1.54, 1.807) is 0 Å². The number of hydrogen-bond donors (Lipinski definition) is 2. The highest BCUT2D eigenvalue weighted by molar-refractivity contribution is 5.87. The standard InChI is InChI=1S/C15H24F3N3/c16-15(17,18)9-11-1-3-12(4-2-11)13-20-10-14(21-13)5-7-19-8-6-14/h11-12,19H,1-10H2,(H,20,21). The van der Waals surface area contributed by atoms with E-state index in [1.165, 1.54) is 0 Å². The molecule has 0 radical (unpaired) electrons. The first kappa shape index (κ1) is 15.1. The molecule has 0 aromatic heterocycles. The molecule has 1 saturated carbocycles. The Labute approximate surface area is 123 Å². The monoisotopic (exact) mass is 303 g/mol. The van der Waals surface area contributed by atoms with Crippen LogP contribution in [0.1, 0.15) is 44.9 Å². The molecule has 3 rings (SSSR count). The Morgan fingerprint density at radius 1 is 1.10 bits per heavy atom. The lowest BCUT2D eigenvalue weighted by atomic mass is 9.79. The van der Waals surface area contributed by atoms with Gasteiger partial charge in [-0.3, -0.25) is 4.99 Å². The molecular weight excluding hydrogens is 279 g/mol. The third-order valence-electron chi connectivity index (χ3n) is 5.26. The average Bonchev–Trinajstić information content (AvgIpc) is 2.82. The van der Waals surface area contributed by atoms with Gasteiger partial charge in [-0.2, -0.15) is 13.2 Å². The van der Waals surface area contributed by atoms with Crippen LogP contribution in [-0.2, 0) is 0 Å². The van der Waals surface area contributed by atoms with Crippen LogP contribution in [0.2, 0.25) is 0 Å². The zero-order valence-corrected chi connectivity index (χ0v) is 12.3. The molecule has 0 atom stereocenters. The summed E-state index contributed by atoms with van der Waals surface area (Å²) in [7, 11) is 0. The molecule has 2 aliphatic heterocycles. The lowest BCUT2D eigenvalue weighted by Gasteiger charge is -2.36. The molecule has 6 heteroatoms. The number of amidine groups is 1. The van der Waals surface area contributed by atoms with Crippen LogP contribution in [0.25, 0.3) is 0 Å². The molecule has 0 aromatic rings. The van der Waals surface area contributed by atoms with Crippen LogP contribution < -0.4 is 10.6 Å². The number of piperidine rings is 1. The third-order valence-corrected chi connectivity index (χ3v) is 5.26. The molecule has 0 unspecified atom stereocenters. The second-order valence-corrected chi connectivity index (χ2v) is 6.89. The van der Waals surface area contributed by atoms with Crippen molar-refractivity contribution in [2.24, 2.45) is 16.8 Å². The summed E-state index contributed by atoms with van der Waals surface area (Å²) >= 11 is 0. The van der Waals surface area contributed by atoms with Crippen molar-refractivity contribution in [2.45, 2.75) is 56.7 Å². The molecular formula is C15H24F3N3. The highest BCUT2D eigenvalue weighted by Gasteiger charge is 2.40. The fraction of sp³-hybridized carbons (Fsp3) is 0.933. The van der Waals surface area contributed by atoms with Crippen molar-refractivity contribution < 1.29 is 13.2 Å². The van der Waals surface area contributed by atoms with Crippen LogP contribution >= 0.6 is 0 Å². The van der Waals surface area contributed by atoms with Gasteiger partial charge in [0, 0.05) is 12.3 Å². The van der Waals surface area contributed by atoms with Crippen molar-refractivity contribution in [3.63, 3.8) is 0 Å². The maximum Gasteiger partial charge on any atom is 0.389 e. The van der Waals surface area contributed by atoms with E-state index in [1.807, 2.05) is 0 Å². The third kappa shape index (κ3) is 3.71. The van der Waals surface area contributed by atoms with Gasteiger partial charge in [-0.1, -0.05) is 0 Å². The van der Waals surface area contributed by atoms with E-state index in [-0.39, 0.29) is 11.5 Å². The van der Waals surface area contributed by atoms with Gasteiger partial charge in [0.15, 0.2) is 0 Å². The van der Waals surface area contributed by atoms with Crippen molar-refractivity contribution >= 4 is 5.84 Å². The number of halogens is 3. The Kier molecular flexibility index (Phi) is 4.17. The first-order valence-corrected chi connectivity index (χ1v) is 8.06. The van der Waals surface area contributed by atoms with E-state index < -0.39 is 12.6 Å². The second-order valence-electron chi connectivity index (χ2n) is 6.89. The number of nitrogens with zero attached hydrogens (tertiary/aromatic N) is 1. The maximum absolute atomic E-state index is 12.4. The molecule has 2 heterocycles. The SMILES string of the molecule is FC(F)(F)CC1CCC(C2=NCC3(CCNCC3)N2)CC1. The Hall–Kier alpha value is -0.780. The van der Waals surface area contributed by atoms with Crippen LogP contribution in [-0.4, -0.2) is 37.2 Å². The highest BCUT2D eigenvalue weighted by atomic mass is 19.4.